The molecular formula is C10H11ClFNO. The predicted molar refractivity (Wildman–Crippen MR) is 55.1 cm³/mol. The summed E-state index contributed by atoms with van der Waals surface area (Å²) in [5, 5.41) is -0.608. The van der Waals surface area contributed by atoms with Gasteiger partial charge in [-0.15, -0.1) is 11.6 Å². The van der Waals surface area contributed by atoms with Crippen LogP contribution in [0.4, 0.5) is 10.1 Å². The van der Waals surface area contributed by atoms with Crippen LogP contribution in [0.2, 0.25) is 0 Å². The molecule has 1 amide bonds. The molecule has 0 aliphatic heterocycles. The van der Waals surface area contributed by atoms with Crippen molar-refractivity contribution in [3.63, 3.8) is 0 Å². The first-order valence-electron chi connectivity index (χ1n) is 4.19. The summed E-state index contributed by atoms with van der Waals surface area (Å²) >= 11 is 5.63. The number of nitrogens with zero attached hydrogens (tertiary/aromatic N) is 1. The van der Waals surface area contributed by atoms with Crippen LogP contribution < -0.4 is 4.90 Å². The monoisotopic (exact) mass is 215 g/mol. The van der Waals surface area contributed by atoms with Crippen molar-refractivity contribution in [2.75, 3.05) is 11.9 Å². The fourth-order valence-electron chi connectivity index (χ4n) is 1.08. The maximum absolute atomic E-state index is 12.8. The molecule has 1 unspecified atom stereocenters. The van der Waals surface area contributed by atoms with Gasteiger partial charge in [0, 0.05) is 12.7 Å². The van der Waals surface area contributed by atoms with Crippen molar-refractivity contribution in [3.8, 4) is 0 Å². The summed E-state index contributed by atoms with van der Waals surface area (Å²) in [4.78, 5) is 12.8. The number of hydrogen-bond acceptors (Lipinski definition) is 1. The maximum Gasteiger partial charge on any atom is 0.244 e. The van der Waals surface area contributed by atoms with E-state index in [0.29, 0.717) is 5.69 Å². The highest BCUT2D eigenvalue weighted by atomic mass is 35.5. The van der Waals surface area contributed by atoms with Gasteiger partial charge in [0.05, 0.1) is 0 Å². The fourth-order valence-corrected chi connectivity index (χ4v) is 1.23. The molecule has 0 radical (unpaired) electrons. The number of hydrogen-bond donors (Lipinski definition) is 0. The predicted octanol–water partition coefficient (Wildman–Crippen LogP) is 2.42. The van der Waals surface area contributed by atoms with Gasteiger partial charge in [-0.25, -0.2) is 4.39 Å². The average molecular weight is 216 g/mol. The summed E-state index contributed by atoms with van der Waals surface area (Å²) in [6.07, 6.45) is 0. The Morgan fingerprint density at radius 3 is 2.71 bits per heavy atom. The van der Waals surface area contributed by atoms with Crippen LogP contribution in [0.1, 0.15) is 6.92 Å². The van der Waals surface area contributed by atoms with E-state index in [0.717, 1.165) is 0 Å². The zero-order valence-corrected chi connectivity index (χ0v) is 8.75. The lowest BCUT2D eigenvalue weighted by Crippen LogP contribution is -2.31. The minimum Gasteiger partial charge on any atom is -0.314 e. The molecule has 2 nitrogen and oxygen atoms in total. The van der Waals surface area contributed by atoms with E-state index < -0.39 is 5.38 Å². The molecule has 0 heterocycles. The average Bonchev–Trinajstić information content (AvgIpc) is 2.15. The minimum atomic E-state index is -0.608. The van der Waals surface area contributed by atoms with Gasteiger partial charge in [-0.2, -0.15) is 0 Å². The Morgan fingerprint density at radius 2 is 2.21 bits per heavy atom. The normalized spacial score (nSPS) is 12.3. The second kappa shape index (κ2) is 4.42. The van der Waals surface area contributed by atoms with Crippen LogP contribution in [0.3, 0.4) is 0 Å². The Labute approximate surface area is 87.3 Å². The summed E-state index contributed by atoms with van der Waals surface area (Å²) in [6, 6.07) is 5.82. The first-order chi connectivity index (χ1) is 6.52. The Kier molecular flexibility index (Phi) is 3.47. The van der Waals surface area contributed by atoms with Crippen LogP contribution in [0.5, 0.6) is 0 Å². The first kappa shape index (κ1) is 11.0. The molecule has 1 atom stereocenters. The van der Waals surface area contributed by atoms with E-state index in [1.165, 1.54) is 17.0 Å². The molecule has 0 bridgehead atoms. The van der Waals surface area contributed by atoms with E-state index in [-0.39, 0.29) is 11.7 Å². The van der Waals surface area contributed by atoms with Crippen LogP contribution in [0, 0.1) is 5.82 Å². The second-order valence-corrected chi connectivity index (χ2v) is 3.65. The highest BCUT2D eigenvalue weighted by molar-refractivity contribution is 6.32. The van der Waals surface area contributed by atoms with Crippen LogP contribution in [-0.4, -0.2) is 18.3 Å². The molecule has 0 aromatic heterocycles. The summed E-state index contributed by atoms with van der Waals surface area (Å²) in [5.41, 5.74) is 0.502. The van der Waals surface area contributed by atoms with Crippen LogP contribution in [0.15, 0.2) is 24.3 Å². The molecule has 1 aromatic rings. The molecule has 76 valence electrons. The smallest absolute Gasteiger partial charge is 0.244 e. The Bertz CT molecular complexity index is 341. The molecule has 0 N–H and O–H groups in total. The molecule has 1 rings (SSSR count). The third-order valence-electron chi connectivity index (χ3n) is 1.87. The number of benzene rings is 1. The zero-order chi connectivity index (χ0) is 10.7. The van der Waals surface area contributed by atoms with E-state index in [9.17, 15) is 9.18 Å². The van der Waals surface area contributed by atoms with E-state index in [4.69, 9.17) is 11.6 Å². The molecule has 14 heavy (non-hydrogen) atoms. The van der Waals surface area contributed by atoms with Gasteiger partial charge in [-0.3, -0.25) is 4.79 Å². The lowest BCUT2D eigenvalue weighted by Gasteiger charge is -2.18. The third-order valence-corrected chi connectivity index (χ3v) is 2.05. The van der Waals surface area contributed by atoms with Gasteiger partial charge in [0.1, 0.15) is 11.2 Å². The quantitative estimate of drug-likeness (QED) is 0.694. The number of alkyl halides is 1. The Balaban J connectivity index is 2.89. The van der Waals surface area contributed by atoms with E-state index in [1.54, 1.807) is 26.1 Å². The van der Waals surface area contributed by atoms with Crippen molar-refractivity contribution >= 4 is 23.2 Å². The maximum atomic E-state index is 12.8. The Morgan fingerprint density at radius 1 is 1.57 bits per heavy atom. The minimum absolute atomic E-state index is 0.253. The summed E-state index contributed by atoms with van der Waals surface area (Å²) in [7, 11) is 1.57. The fraction of sp³-hybridized carbons (Fsp3) is 0.300. The standard InChI is InChI=1S/C10H11ClFNO/c1-7(11)10(14)13(2)9-5-3-4-8(12)6-9/h3-7H,1-2H3. The van der Waals surface area contributed by atoms with Crippen molar-refractivity contribution in [2.24, 2.45) is 0 Å². The van der Waals surface area contributed by atoms with Gasteiger partial charge in [0.2, 0.25) is 5.91 Å². The molecule has 1 aromatic carbocycles. The third kappa shape index (κ3) is 2.45. The van der Waals surface area contributed by atoms with Crippen molar-refractivity contribution in [3.05, 3.63) is 30.1 Å². The van der Waals surface area contributed by atoms with Gasteiger partial charge >= 0.3 is 0 Å². The number of amides is 1. The molecule has 0 aliphatic carbocycles. The highest BCUT2D eigenvalue weighted by Crippen LogP contribution is 2.15. The lowest BCUT2D eigenvalue weighted by atomic mass is 10.2. The summed E-state index contributed by atoms with van der Waals surface area (Å²) < 4.78 is 12.8. The topological polar surface area (TPSA) is 20.3 Å². The number of carbonyl (C=O) groups excluding carboxylic acids is 1. The molecule has 0 aliphatic rings. The van der Waals surface area contributed by atoms with Gasteiger partial charge in [-0.05, 0) is 25.1 Å². The van der Waals surface area contributed by atoms with Gasteiger partial charge < -0.3 is 4.90 Å². The highest BCUT2D eigenvalue weighted by Gasteiger charge is 2.16. The second-order valence-electron chi connectivity index (χ2n) is 2.99. The molecular weight excluding hydrogens is 205 g/mol. The zero-order valence-electron chi connectivity index (χ0n) is 8.00. The largest absolute Gasteiger partial charge is 0.314 e. The van der Waals surface area contributed by atoms with Crippen molar-refractivity contribution in [2.45, 2.75) is 12.3 Å². The summed E-state index contributed by atoms with van der Waals surface area (Å²) in [5.74, 6) is -0.623. The van der Waals surface area contributed by atoms with Gasteiger partial charge in [0.25, 0.3) is 0 Å². The molecule has 0 saturated heterocycles. The van der Waals surface area contributed by atoms with Gasteiger partial charge in [0.15, 0.2) is 0 Å². The van der Waals surface area contributed by atoms with Crippen molar-refractivity contribution in [1.82, 2.24) is 0 Å². The number of halogens is 2. The number of carbonyl (C=O) groups is 1. The molecule has 4 heteroatoms. The van der Waals surface area contributed by atoms with Crippen LogP contribution >= 0.6 is 11.6 Å². The van der Waals surface area contributed by atoms with E-state index in [2.05, 4.69) is 0 Å². The Hall–Kier alpha value is -1.09. The summed E-state index contributed by atoms with van der Waals surface area (Å²) in [6.45, 7) is 1.58. The number of rotatable bonds is 2. The first-order valence-corrected chi connectivity index (χ1v) is 4.63. The molecule has 0 saturated carbocycles. The van der Waals surface area contributed by atoms with Gasteiger partial charge in [-0.1, -0.05) is 6.07 Å². The number of anilines is 1. The molecule has 0 fully saturated rings. The SMILES string of the molecule is CC(Cl)C(=O)N(C)c1cccc(F)c1. The van der Waals surface area contributed by atoms with E-state index >= 15 is 0 Å². The van der Waals surface area contributed by atoms with Crippen LogP contribution in [0.25, 0.3) is 0 Å². The van der Waals surface area contributed by atoms with Crippen LogP contribution in [-0.2, 0) is 4.79 Å². The molecule has 0 spiro atoms. The lowest BCUT2D eigenvalue weighted by molar-refractivity contribution is -0.117. The van der Waals surface area contributed by atoms with Crippen molar-refractivity contribution < 1.29 is 9.18 Å². The van der Waals surface area contributed by atoms with E-state index in [1.807, 2.05) is 0 Å². The van der Waals surface area contributed by atoms with Crippen molar-refractivity contribution in [1.29, 1.82) is 0 Å².